The van der Waals surface area contributed by atoms with Crippen LogP contribution in [0.1, 0.15) is 82.8 Å². The Bertz CT molecular complexity index is 2130. The molecule has 1 aliphatic heterocycles. The van der Waals surface area contributed by atoms with Gasteiger partial charge < -0.3 is 68.5 Å². The van der Waals surface area contributed by atoms with Gasteiger partial charge in [-0.2, -0.15) is 23.5 Å². The number of primary amides is 1. The molecule has 0 saturated carbocycles. The molecule has 0 radical (unpaired) electrons. The third kappa shape index (κ3) is 22.1. The van der Waals surface area contributed by atoms with Crippen molar-refractivity contribution in [1.29, 1.82) is 0 Å². The van der Waals surface area contributed by atoms with Crippen LogP contribution in [0, 0.1) is 0 Å². The Kier molecular flexibility index (Phi) is 25.4. The quantitative estimate of drug-likeness (QED) is 0.0876. The van der Waals surface area contributed by atoms with E-state index in [1.54, 1.807) is 24.3 Å². The summed E-state index contributed by atoms with van der Waals surface area (Å²) in [6.07, 6.45) is -8.23. The number of Topliss-reactive ketones (excluding diaryl/α,β-unsaturated/α-hetero) is 1. The molecule has 26 nitrogen and oxygen atoms in total. The van der Waals surface area contributed by atoms with Gasteiger partial charge in [0.15, 0.2) is 5.78 Å². The number of benzene rings is 1. The smallest absolute Gasteiger partial charge is 0.305 e. The Balaban J connectivity index is 2.65. The summed E-state index contributed by atoms with van der Waals surface area (Å²) in [5.74, 6) is -15.2. The Labute approximate surface area is 408 Å². The highest BCUT2D eigenvalue weighted by atomic mass is 32.2. The zero-order valence-corrected chi connectivity index (χ0v) is 39.7. The van der Waals surface area contributed by atoms with Gasteiger partial charge in [0, 0.05) is 62.0 Å². The second-order valence-electron chi connectivity index (χ2n) is 15.9. The minimum Gasteiger partial charge on any atom is -0.481 e. The van der Waals surface area contributed by atoms with Crippen LogP contribution in [-0.2, 0) is 73.8 Å². The van der Waals surface area contributed by atoms with Crippen LogP contribution in [0.15, 0.2) is 24.3 Å². The Hall–Kier alpha value is -6.81. The molecular formula is C42H58N8O18S2. The first-order valence-electron chi connectivity index (χ1n) is 21.6. The van der Waals surface area contributed by atoms with E-state index in [2.05, 4.69) is 37.2 Å². The van der Waals surface area contributed by atoms with E-state index in [-0.39, 0.29) is 23.0 Å². The van der Waals surface area contributed by atoms with Gasteiger partial charge in [0.1, 0.15) is 42.3 Å². The molecule has 70 heavy (non-hydrogen) atoms. The minimum atomic E-state index is -1.94. The van der Waals surface area contributed by atoms with Crippen molar-refractivity contribution in [3.8, 4) is 0 Å². The number of amides is 8. The fourth-order valence-electron chi connectivity index (χ4n) is 6.50. The summed E-state index contributed by atoms with van der Waals surface area (Å²) in [4.78, 5) is 166. The maximum absolute atomic E-state index is 13.7. The van der Waals surface area contributed by atoms with E-state index in [0.29, 0.717) is 0 Å². The molecule has 8 atom stereocenters. The normalized spacial score (nSPS) is 23.8. The number of hydrogen-bond donors (Lipinski definition) is 13. The standard InChI is InChI=1S/C42H58N8O18S2/c1-20(51)36-30(53)10-11-31(54)45-24(7-12-32(55)56)38(64)49-28(37(43)63)18-69-16-22-5-3-4-6-23(22)17-70-19-29(44-21(2)52)42(68)48-27(15-35(61)62)41(67)47-25(8-13-33(57)58)39(65)46-26(40(66)50-36)9-14-34(59)60/h3-6,20,24-29,36,51H,7-19H2,1-2H3,(H2,43,63)(H,44,52)(H,45,54)(H,46,65)(H,47,67)(H,48,68)(H,49,64)(H,50,66)(H,55,56)(H,57,58)(H,59,60)(H,61,62)/t20-,24+,25+,26+,27+,28+,29+,36+/m1/s1. The molecule has 8 amide bonds. The number of carboxylic acid groups (broad SMARTS) is 4. The van der Waals surface area contributed by atoms with Crippen LogP contribution in [0.5, 0.6) is 0 Å². The number of aliphatic carboxylic acids is 4. The lowest BCUT2D eigenvalue weighted by Crippen LogP contribution is -2.60. The van der Waals surface area contributed by atoms with Gasteiger partial charge in [-0.15, -0.1) is 0 Å². The molecule has 0 fully saturated rings. The van der Waals surface area contributed by atoms with Crippen LogP contribution in [0.25, 0.3) is 0 Å². The fraction of sp³-hybridized carbons (Fsp3) is 0.548. The van der Waals surface area contributed by atoms with E-state index in [9.17, 15) is 87.9 Å². The maximum Gasteiger partial charge on any atom is 0.305 e. The predicted octanol–water partition coefficient (Wildman–Crippen LogP) is -3.14. The van der Waals surface area contributed by atoms with Gasteiger partial charge in [-0.25, -0.2) is 0 Å². The number of aliphatic hydroxyl groups excluding tert-OH is 1. The van der Waals surface area contributed by atoms with Crippen molar-refractivity contribution in [1.82, 2.24) is 37.2 Å². The predicted molar refractivity (Wildman–Crippen MR) is 246 cm³/mol. The molecule has 1 heterocycles. The van der Waals surface area contributed by atoms with E-state index >= 15 is 0 Å². The van der Waals surface area contributed by atoms with Crippen LogP contribution in [-0.4, -0.2) is 162 Å². The number of fused-ring (bicyclic) bond motifs is 1. The molecule has 0 aliphatic carbocycles. The van der Waals surface area contributed by atoms with Crippen LogP contribution in [0.2, 0.25) is 0 Å². The van der Waals surface area contributed by atoms with Gasteiger partial charge in [-0.05, 0) is 37.3 Å². The maximum atomic E-state index is 13.7. The number of aliphatic hydroxyl groups is 1. The number of ketones is 1. The number of rotatable bonds is 14. The third-order valence-corrected chi connectivity index (χ3v) is 12.3. The number of carbonyl (C=O) groups excluding carboxylic acids is 9. The van der Waals surface area contributed by atoms with Crippen molar-refractivity contribution in [2.24, 2.45) is 5.73 Å². The van der Waals surface area contributed by atoms with Crippen molar-refractivity contribution in [2.45, 2.75) is 132 Å². The summed E-state index contributed by atoms with van der Waals surface area (Å²) in [6, 6.07) is -4.81. The molecule has 0 saturated heterocycles. The van der Waals surface area contributed by atoms with Crippen LogP contribution >= 0.6 is 23.5 Å². The SMILES string of the molecule is CC(=O)N[C@H]1CSCc2ccccc2CSC[C@@H](C(N)=O)NC(=O)[C@H](CCC(=O)O)NC(=O)CCC(=O)[C@H]([C@@H](C)O)NC(=O)[C@H](CCC(=O)O)NC(=O)[C@H](CCC(=O)O)NC(=O)[C@H](CC(=O)O)NC1=O. The Morgan fingerprint density at radius 3 is 1.53 bits per heavy atom. The largest absolute Gasteiger partial charge is 0.481 e. The van der Waals surface area contributed by atoms with Gasteiger partial charge in [0.2, 0.25) is 47.3 Å². The van der Waals surface area contributed by atoms with Crippen molar-refractivity contribution in [3.63, 3.8) is 0 Å². The summed E-state index contributed by atoms with van der Waals surface area (Å²) < 4.78 is 0. The number of carboxylic acids is 4. The average Bonchev–Trinajstić information content (AvgIpc) is 3.26. The molecule has 0 unspecified atom stereocenters. The molecular weight excluding hydrogens is 969 g/mol. The summed E-state index contributed by atoms with van der Waals surface area (Å²) in [5, 5.41) is 64.2. The Morgan fingerprint density at radius 1 is 0.629 bits per heavy atom. The van der Waals surface area contributed by atoms with Gasteiger partial charge in [0.25, 0.3) is 0 Å². The van der Waals surface area contributed by atoms with Gasteiger partial charge in [-0.3, -0.25) is 62.3 Å². The van der Waals surface area contributed by atoms with E-state index in [1.165, 1.54) is 11.8 Å². The van der Waals surface area contributed by atoms with Crippen molar-refractivity contribution < 1.29 is 87.9 Å². The van der Waals surface area contributed by atoms with E-state index in [1.807, 2.05) is 0 Å². The highest BCUT2D eigenvalue weighted by Crippen LogP contribution is 2.23. The number of nitrogens with one attached hydrogen (secondary N) is 7. The molecule has 14 N–H and O–H groups in total. The van der Waals surface area contributed by atoms with Gasteiger partial charge in [-0.1, -0.05) is 24.3 Å². The summed E-state index contributed by atoms with van der Waals surface area (Å²) in [7, 11) is 0. The highest BCUT2D eigenvalue weighted by molar-refractivity contribution is 7.98. The zero-order chi connectivity index (χ0) is 52.7. The topological polar surface area (TPSA) is 433 Å². The number of thioether (sulfide) groups is 2. The molecule has 28 heteroatoms. The fourth-order valence-corrected chi connectivity index (χ4v) is 8.69. The van der Waals surface area contributed by atoms with Crippen molar-refractivity contribution >= 4 is 100 Å². The monoisotopic (exact) mass is 1030 g/mol. The van der Waals surface area contributed by atoms with Crippen LogP contribution in [0.3, 0.4) is 0 Å². The second-order valence-corrected chi connectivity index (χ2v) is 18.0. The first-order chi connectivity index (χ1) is 32.9. The van der Waals surface area contributed by atoms with Crippen molar-refractivity contribution in [3.05, 3.63) is 35.4 Å². The lowest BCUT2D eigenvalue weighted by atomic mass is 10.0. The van der Waals surface area contributed by atoms with Crippen LogP contribution < -0.4 is 43.0 Å². The summed E-state index contributed by atoms with van der Waals surface area (Å²) in [6.45, 7) is 2.17. The van der Waals surface area contributed by atoms with E-state index in [0.717, 1.165) is 36.7 Å². The molecule has 1 aromatic rings. The lowest BCUT2D eigenvalue weighted by Gasteiger charge is -2.27. The van der Waals surface area contributed by atoms with Crippen LogP contribution in [0.4, 0.5) is 0 Å². The summed E-state index contributed by atoms with van der Waals surface area (Å²) in [5.41, 5.74) is 7.06. The molecule has 386 valence electrons. The second kappa shape index (κ2) is 29.9. The van der Waals surface area contributed by atoms with E-state index < -0.39 is 183 Å². The number of nitrogens with two attached hydrogens (primary N) is 1. The molecule has 1 aromatic carbocycles. The average molecular weight is 1030 g/mol. The molecule has 0 aromatic heterocycles. The molecule has 0 spiro atoms. The third-order valence-electron chi connectivity index (χ3n) is 10.2. The molecule has 0 bridgehead atoms. The first kappa shape index (κ1) is 59.3. The zero-order valence-electron chi connectivity index (χ0n) is 38.1. The molecule has 1 aliphatic rings. The summed E-state index contributed by atoms with van der Waals surface area (Å²) >= 11 is 2.31. The molecule has 2 rings (SSSR count). The van der Waals surface area contributed by atoms with Crippen molar-refractivity contribution in [2.75, 3.05) is 11.5 Å². The number of hydrogen-bond acceptors (Lipinski definition) is 16. The van der Waals surface area contributed by atoms with E-state index in [4.69, 9.17) is 5.73 Å². The number of carbonyl (C=O) groups is 13. The highest BCUT2D eigenvalue weighted by Gasteiger charge is 2.35. The first-order valence-corrected chi connectivity index (χ1v) is 23.9. The van der Waals surface area contributed by atoms with Gasteiger partial charge >= 0.3 is 23.9 Å². The lowest BCUT2D eigenvalue weighted by molar-refractivity contribution is -0.142. The Morgan fingerprint density at radius 2 is 1.07 bits per heavy atom. The van der Waals surface area contributed by atoms with Gasteiger partial charge in [0.05, 0.1) is 12.5 Å². The minimum absolute atomic E-state index is 0.0971.